The van der Waals surface area contributed by atoms with Crippen LogP contribution in [0.4, 0.5) is 4.39 Å². The van der Waals surface area contributed by atoms with Crippen LogP contribution >= 0.6 is 23.4 Å². The normalized spacial score (nSPS) is 22.9. The predicted molar refractivity (Wildman–Crippen MR) is 77.8 cm³/mol. The number of fused-ring (bicyclic) bond motifs is 1. The Bertz CT molecular complexity index is 425. The maximum atomic E-state index is 13.5. The molecule has 2 unspecified atom stereocenters. The standard InChI is InChI=1S/C14H19ClFNS/c1-3-7-17-14-9-5-6-11(16)13(15)10(9)8-18-12(14)4-2/h5-6,12,14,17H,3-4,7-8H2,1-2H3. The molecular formula is C14H19ClFNS. The largest absolute Gasteiger partial charge is 0.309 e. The summed E-state index contributed by atoms with van der Waals surface area (Å²) in [5.74, 6) is 0.509. The number of thioether (sulfide) groups is 1. The van der Waals surface area contributed by atoms with E-state index in [4.69, 9.17) is 11.6 Å². The number of benzene rings is 1. The summed E-state index contributed by atoms with van der Waals surface area (Å²) in [6.07, 6.45) is 2.21. The second-order valence-corrected chi connectivity index (χ2v) is 6.22. The van der Waals surface area contributed by atoms with Gasteiger partial charge in [-0.1, -0.05) is 31.5 Å². The van der Waals surface area contributed by atoms with Crippen molar-refractivity contribution in [3.8, 4) is 0 Å². The van der Waals surface area contributed by atoms with Crippen molar-refractivity contribution in [3.05, 3.63) is 34.1 Å². The molecule has 2 atom stereocenters. The van der Waals surface area contributed by atoms with Crippen LogP contribution in [-0.2, 0) is 5.75 Å². The van der Waals surface area contributed by atoms with Crippen LogP contribution in [0, 0.1) is 5.82 Å². The molecule has 0 fully saturated rings. The third-order valence-electron chi connectivity index (χ3n) is 3.40. The first-order chi connectivity index (χ1) is 8.69. The fraction of sp³-hybridized carbons (Fsp3) is 0.571. The van der Waals surface area contributed by atoms with Crippen molar-refractivity contribution < 1.29 is 4.39 Å². The SMILES string of the molecule is CCCNC1c2ccc(F)c(Cl)c2CSC1CC. The number of nitrogens with one attached hydrogen (secondary N) is 1. The summed E-state index contributed by atoms with van der Waals surface area (Å²) in [6, 6.07) is 3.68. The Morgan fingerprint density at radius 3 is 2.89 bits per heavy atom. The maximum Gasteiger partial charge on any atom is 0.142 e. The van der Waals surface area contributed by atoms with E-state index in [0.717, 1.165) is 30.7 Å². The van der Waals surface area contributed by atoms with Gasteiger partial charge in [-0.15, -0.1) is 0 Å². The quantitative estimate of drug-likeness (QED) is 0.872. The highest BCUT2D eigenvalue weighted by Crippen LogP contribution is 2.42. The lowest BCUT2D eigenvalue weighted by Crippen LogP contribution is -2.33. The zero-order chi connectivity index (χ0) is 13.1. The zero-order valence-corrected chi connectivity index (χ0v) is 12.4. The molecule has 0 spiro atoms. The minimum Gasteiger partial charge on any atom is -0.309 e. The van der Waals surface area contributed by atoms with Crippen LogP contribution in [0.1, 0.15) is 43.9 Å². The zero-order valence-electron chi connectivity index (χ0n) is 10.8. The summed E-state index contributed by atoms with van der Waals surface area (Å²) in [4.78, 5) is 0. The van der Waals surface area contributed by atoms with Crippen molar-refractivity contribution in [2.75, 3.05) is 6.54 Å². The topological polar surface area (TPSA) is 12.0 Å². The molecule has 1 aromatic rings. The molecule has 100 valence electrons. The Kier molecular flexibility index (Phi) is 4.93. The average molecular weight is 288 g/mol. The molecule has 18 heavy (non-hydrogen) atoms. The molecular weight excluding hydrogens is 269 g/mol. The molecule has 1 aliphatic heterocycles. The van der Waals surface area contributed by atoms with Crippen molar-refractivity contribution >= 4 is 23.4 Å². The van der Waals surface area contributed by atoms with E-state index < -0.39 is 0 Å². The molecule has 1 nitrogen and oxygen atoms in total. The first-order valence-corrected chi connectivity index (χ1v) is 7.93. The van der Waals surface area contributed by atoms with Gasteiger partial charge in [0.15, 0.2) is 0 Å². The highest BCUT2D eigenvalue weighted by atomic mass is 35.5. The minimum absolute atomic E-state index is 0.293. The molecule has 1 aliphatic rings. The lowest BCUT2D eigenvalue weighted by Gasteiger charge is -2.34. The van der Waals surface area contributed by atoms with Crippen LogP contribution in [0.3, 0.4) is 0 Å². The summed E-state index contributed by atoms with van der Waals surface area (Å²) in [7, 11) is 0. The van der Waals surface area contributed by atoms with Gasteiger partial charge in [0.25, 0.3) is 0 Å². The third kappa shape index (κ3) is 2.68. The molecule has 0 saturated carbocycles. The van der Waals surface area contributed by atoms with Gasteiger partial charge in [0.2, 0.25) is 0 Å². The lowest BCUT2D eigenvalue weighted by molar-refractivity contribution is 0.496. The molecule has 1 N–H and O–H groups in total. The second kappa shape index (κ2) is 6.27. The molecule has 4 heteroatoms. The maximum absolute atomic E-state index is 13.5. The predicted octanol–water partition coefficient (Wildman–Crippen LogP) is 4.55. The highest BCUT2D eigenvalue weighted by Gasteiger charge is 2.30. The number of halogens is 2. The Hall–Kier alpha value is -0.250. The lowest BCUT2D eigenvalue weighted by atomic mass is 9.96. The monoisotopic (exact) mass is 287 g/mol. The fourth-order valence-electron chi connectivity index (χ4n) is 2.43. The van der Waals surface area contributed by atoms with Gasteiger partial charge in [0.1, 0.15) is 5.82 Å². The number of rotatable bonds is 4. The van der Waals surface area contributed by atoms with Crippen LogP contribution in [0.25, 0.3) is 0 Å². The molecule has 0 bridgehead atoms. The van der Waals surface area contributed by atoms with E-state index in [9.17, 15) is 4.39 Å². The van der Waals surface area contributed by atoms with Crippen molar-refractivity contribution in [1.82, 2.24) is 5.32 Å². The molecule has 1 aromatic carbocycles. The number of hydrogen-bond acceptors (Lipinski definition) is 2. The Labute approximate surface area is 117 Å². The third-order valence-corrected chi connectivity index (χ3v) is 5.30. The van der Waals surface area contributed by atoms with Crippen LogP contribution < -0.4 is 5.32 Å². The molecule has 0 aliphatic carbocycles. The Balaban J connectivity index is 2.35. The summed E-state index contributed by atoms with van der Waals surface area (Å²) in [5, 5.41) is 4.42. The summed E-state index contributed by atoms with van der Waals surface area (Å²) < 4.78 is 13.5. The summed E-state index contributed by atoms with van der Waals surface area (Å²) in [6.45, 7) is 5.34. The highest BCUT2D eigenvalue weighted by molar-refractivity contribution is 7.99. The Morgan fingerprint density at radius 1 is 1.44 bits per heavy atom. The van der Waals surface area contributed by atoms with Crippen LogP contribution in [0.5, 0.6) is 0 Å². The number of hydrogen-bond donors (Lipinski definition) is 1. The van der Waals surface area contributed by atoms with E-state index >= 15 is 0 Å². The summed E-state index contributed by atoms with van der Waals surface area (Å²) >= 11 is 7.96. The molecule has 0 aromatic heterocycles. The van der Waals surface area contributed by atoms with Gasteiger partial charge in [0.05, 0.1) is 5.02 Å². The van der Waals surface area contributed by atoms with Gasteiger partial charge in [-0.2, -0.15) is 11.8 Å². The first kappa shape index (κ1) is 14.2. The van der Waals surface area contributed by atoms with Gasteiger partial charge >= 0.3 is 0 Å². The first-order valence-electron chi connectivity index (χ1n) is 6.50. The second-order valence-electron chi connectivity index (χ2n) is 4.62. The van der Waals surface area contributed by atoms with Gasteiger partial charge in [-0.25, -0.2) is 4.39 Å². The average Bonchev–Trinajstić information content (AvgIpc) is 2.40. The van der Waals surface area contributed by atoms with Crippen molar-refractivity contribution in [2.24, 2.45) is 0 Å². The van der Waals surface area contributed by atoms with E-state index in [2.05, 4.69) is 19.2 Å². The van der Waals surface area contributed by atoms with Crippen LogP contribution in [0.2, 0.25) is 5.02 Å². The van der Waals surface area contributed by atoms with E-state index in [0.29, 0.717) is 16.3 Å². The van der Waals surface area contributed by atoms with Crippen molar-refractivity contribution in [2.45, 2.75) is 43.7 Å². The van der Waals surface area contributed by atoms with Crippen LogP contribution in [-0.4, -0.2) is 11.8 Å². The van der Waals surface area contributed by atoms with Crippen LogP contribution in [0.15, 0.2) is 12.1 Å². The molecule has 1 heterocycles. The summed E-state index contributed by atoms with van der Waals surface area (Å²) in [5.41, 5.74) is 2.15. The van der Waals surface area contributed by atoms with E-state index in [1.165, 1.54) is 11.6 Å². The van der Waals surface area contributed by atoms with E-state index in [-0.39, 0.29) is 5.82 Å². The van der Waals surface area contributed by atoms with Crippen molar-refractivity contribution in [3.63, 3.8) is 0 Å². The van der Waals surface area contributed by atoms with E-state index in [1.54, 1.807) is 0 Å². The van der Waals surface area contributed by atoms with Crippen molar-refractivity contribution in [1.29, 1.82) is 0 Å². The minimum atomic E-state index is -0.305. The molecule has 0 saturated heterocycles. The van der Waals surface area contributed by atoms with E-state index in [1.807, 2.05) is 17.8 Å². The van der Waals surface area contributed by atoms with Gasteiger partial charge < -0.3 is 5.32 Å². The smallest absolute Gasteiger partial charge is 0.142 e. The molecule has 0 radical (unpaired) electrons. The fourth-order valence-corrected chi connectivity index (χ4v) is 4.11. The van der Waals surface area contributed by atoms with Gasteiger partial charge in [-0.05, 0) is 36.6 Å². The Morgan fingerprint density at radius 2 is 2.22 bits per heavy atom. The molecule has 0 amide bonds. The van der Waals surface area contributed by atoms with Gasteiger partial charge in [-0.3, -0.25) is 0 Å². The molecule has 2 rings (SSSR count). The van der Waals surface area contributed by atoms with Gasteiger partial charge in [0, 0.05) is 17.0 Å².